The second-order valence-corrected chi connectivity index (χ2v) is 26.1. The van der Waals surface area contributed by atoms with E-state index in [4.69, 9.17) is 0 Å². The molecule has 0 atom stereocenters. The first-order valence-electron chi connectivity index (χ1n) is 36.2. The number of aryl methyl sites for hydroxylation is 2. The van der Waals surface area contributed by atoms with Crippen molar-refractivity contribution in [1.82, 2.24) is 0 Å². The number of unbranched alkanes of at least 4 members (excludes halogenated alkanes) is 47. The van der Waals surface area contributed by atoms with Crippen LogP contribution in [0.25, 0.3) is 16.9 Å². The minimum absolute atomic E-state index is 0.334. The van der Waals surface area contributed by atoms with Crippen LogP contribution in [0.2, 0.25) is 0 Å². The van der Waals surface area contributed by atoms with Crippen molar-refractivity contribution in [3.63, 3.8) is 0 Å². The molecule has 0 aromatic heterocycles. The Balaban J connectivity index is 0.000000600. The molecule has 0 radical (unpaired) electrons. The van der Waals surface area contributed by atoms with E-state index in [0.717, 1.165) is 61.0 Å². The van der Waals surface area contributed by atoms with Gasteiger partial charge in [-0.15, -0.1) is 0 Å². The van der Waals surface area contributed by atoms with E-state index in [-0.39, 0.29) is 0 Å². The van der Waals surface area contributed by atoms with E-state index in [2.05, 4.69) is 110 Å². The van der Waals surface area contributed by atoms with Crippen LogP contribution in [-0.4, -0.2) is 4.70 Å². The van der Waals surface area contributed by atoms with Gasteiger partial charge in [0.25, 0.3) is 0 Å². The molecule has 0 fully saturated rings. The number of hydrogen-bond acceptors (Lipinski definition) is 0. The second kappa shape index (κ2) is 58.7. The van der Waals surface area contributed by atoms with Gasteiger partial charge in [-0.1, -0.05) is 245 Å². The average molecular weight is 1220 g/mol. The SMILES string of the molecule is CCCCCCCCCCCCCCCCCCCCCCC#[C][Pd][C]#CCCCCCCCCCCCCCCCCCCCCCC.CCCCCCCCc1cccc(C2=CC(CCCCC)=C(c3cccc(CC)c3)[N+]2=[N-])c1. The summed E-state index contributed by atoms with van der Waals surface area (Å²) in [6, 6.07) is 17.4. The molecule has 1 aliphatic rings. The second-order valence-electron chi connectivity index (χ2n) is 25.0. The molecule has 3 rings (SSSR count). The predicted molar refractivity (Wildman–Crippen MR) is 363 cm³/mol. The summed E-state index contributed by atoms with van der Waals surface area (Å²) in [6.45, 7) is 11.3. The van der Waals surface area contributed by atoms with Gasteiger partial charge in [0.1, 0.15) is 0 Å². The van der Waals surface area contributed by atoms with Crippen LogP contribution < -0.4 is 0 Å². The molecule has 2 aromatic carbocycles. The van der Waals surface area contributed by atoms with Crippen molar-refractivity contribution in [2.45, 2.75) is 381 Å². The monoisotopic (exact) mass is 1210 g/mol. The van der Waals surface area contributed by atoms with E-state index in [1.807, 2.05) is 0 Å². The summed E-state index contributed by atoms with van der Waals surface area (Å²) in [5, 5.41) is 0. The normalized spacial score (nSPS) is 12.1. The zero-order chi connectivity index (χ0) is 58.7. The van der Waals surface area contributed by atoms with Crippen LogP contribution in [-0.2, 0) is 30.8 Å². The van der Waals surface area contributed by atoms with Crippen LogP contribution in [0.4, 0.5) is 0 Å². The van der Waals surface area contributed by atoms with Crippen LogP contribution >= 0.6 is 0 Å². The zero-order valence-electron chi connectivity index (χ0n) is 55.1. The van der Waals surface area contributed by atoms with Gasteiger partial charge in [0, 0.05) is 22.8 Å². The fourth-order valence-electron chi connectivity index (χ4n) is 11.8. The Hall–Kier alpha value is -2.70. The summed E-state index contributed by atoms with van der Waals surface area (Å²) in [5.74, 6) is 6.76. The number of benzene rings is 2. The van der Waals surface area contributed by atoms with Crippen molar-refractivity contribution in [2.75, 3.05) is 0 Å². The molecule has 1 aliphatic heterocycles. The molecule has 2 aromatic rings. The van der Waals surface area contributed by atoms with Crippen LogP contribution in [0.1, 0.15) is 391 Å². The molecule has 2 nitrogen and oxygen atoms in total. The first kappa shape index (κ1) is 75.4. The quantitative estimate of drug-likeness (QED) is 0.0273. The Labute approximate surface area is 520 Å². The van der Waals surface area contributed by atoms with Crippen molar-refractivity contribution in [3.8, 4) is 20.6 Å². The van der Waals surface area contributed by atoms with E-state index in [0.29, 0.717) is 18.0 Å². The van der Waals surface area contributed by atoms with Gasteiger partial charge in [-0.2, -0.15) is 0 Å². The van der Waals surface area contributed by atoms with E-state index < -0.39 is 0 Å². The molecule has 0 spiro atoms. The van der Waals surface area contributed by atoms with E-state index in [1.165, 1.54) is 330 Å². The minimum Gasteiger partial charge on any atom is -0.493 e. The van der Waals surface area contributed by atoms with Crippen molar-refractivity contribution in [2.24, 2.45) is 0 Å². The van der Waals surface area contributed by atoms with Crippen molar-refractivity contribution >= 4 is 11.4 Å². The zero-order valence-corrected chi connectivity index (χ0v) is 56.6. The van der Waals surface area contributed by atoms with E-state index in [1.54, 1.807) is 0 Å². The molecule has 0 saturated carbocycles. The molecule has 0 bridgehead atoms. The Bertz CT molecular complexity index is 1900. The van der Waals surface area contributed by atoms with E-state index >= 15 is 0 Å². The molecular formula is C79H132N2Pd. The molecular weight excluding hydrogens is 1080 g/mol. The Kier molecular flexibility index (Phi) is 54.0. The van der Waals surface area contributed by atoms with Crippen LogP contribution in [0.5, 0.6) is 0 Å². The maximum atomic E-state index is 11.3. The molecule has 0 amide bonds. The van der Waals surface area contributed by atoms with Gasteiger partial charge in [-0.25, -0.2) is 4.70 Å². The minimum atomic E-state index is 0.334. The van der Waals surface area contributed by atoms with Gasteiger partial charge in [0.05, 0.1) is 0 Å². The van der Waals surface area contributed by atoms with Gasteiger partial charge in [0.2, 0.25) is 11.4 Å². The van der Waals surface area contributed by atoms with Crippen LogP contribution in [0.3, 0.4) is 0 Å². The number of hydrogen-bond donors (Lipinski definition) is 0. The molecule has 0 unspecified atom stereocenters. The third-order valence-corrected chi connectivity index (χ3v) is 18.2. The van der Waals surface area contributed by atoms with Gasteiger partial charge in [-0.3, -0.25) is 0 Å². The average Bonchev–Trinajstić information content (AvgIpc) is 4.11. The number of allylic oxidation sites excluding steroid dienone is 2. The van der Waals surface area contributed by atoms with E-state index in [9.17, 15) is 5.53 Å². The molecule has 0 N–H and O–H groups in total. The summed E-state index contributed by atoms with van der Waals surface area (Å²) in [6.07, 6.45) is 76.7. The van der Waals surface area contributed by atoms with Crippen LogP contribution in [0, 0.1) is 20.6 Å². The summed E-state index contributed by atoms with van der Waals surface area (Å²) < 4.78 is 8.12. The Morgan fingerprint density at radius 2 is 0.646 bits per heavy atom. The van der Waals surface area contributed by atoms with Gasteiger partial charge in [-0.05, 0) is 67.5 Å². The van der Waals surface area contributed by atoms with Crippen LogP contribution in [0.15, 0.2) is 60.2 Å². The van der Waals surface area contributed by atoms with Crippen molar-refractivity contribution < 1.29 is 22.7 Å². The number of nitrogens with zero attached hydrogens (tertiary/aromatic N) is 2. The molecule has 1 heterocycles. The predicted octanol–water partition coefficient (Wildman–Crippen LogP) is 26.9. The molecule has 3 heteroatoms. The van der Waals surface area contributed by atoms with Gasteiger partial charge >= 0.3 is 167 Å². The Morgan fingerprint density at radius 1 is 0.341 bits per heavy atom. The smallest absolute Gasteiger partial charge is 0.493 e. The first-order chi connectivity index (χ1) is 40.6. The first-order valence-corrected chi connectivity index (χ1v) is 37.8. The Morgan fingerprint density at radius 3 is 1.02 bits per heavy atom. The summed E-state index contributed by atoms with van der Waals surface area (Å²) in [4.78, 5) is 0. The third-order valence-electron chi connectivity index (χ3n) is 17.3. The summed E-state index contributed by atoms with van der Waals surface area (Å²) in [7, 11) is 0. The third kappa shape index (κ3) is 43.0. The topological polar surface area (TPSA) is 25.3 Å². The molecule has 0 saturated heterocycles. The summed E-state index contributed by atoms with van der Waals surface area (Å²) in [5.41, 5.74) is 19.3. The van der Waals surface area contributed by atoms with Gasteiger partial charge in [0.15, 0.2) is 0 Å². The molecule has 468 valence electrons. The molecule has 0 aliphatic carbocycles. The number of rotatable bonds is 54. The molecule has 82 heavy (non-hydrogen) atoms. The van der Waals surface area contributed by atoms with Crippen molar-refractivity contribution in [3.05, 3.63) is 88.0 Å². The standard InChI is InChI=1S/C31H42N2.2C24H45.Pd/c1-4-7-9-10-11-13-16-26-18-15-20-27(23-26)30-24-29(19-12-8-5-2)31(33(30)32)28-21-14-17-25(6-3)22-28;2*1-3-5-7-9-11-13-15-17-19-21-23-24-22-20-18-16-14-12-10-8-6-4-2;/h14-15,17-18,20-24H,4-13,16,19H2,1-3H3;2*3,5-24H2,1H3;. The maximum absolute atomic E-state index is 11.3. The fraction of sp³-hybridized carbons (Fsp3) is 0.747. The fourth-order valence-corrected chi connectivity index (χ4v) is 12.6. The van der Waals surface area contributed by atoms with Crippen molar-refractivity contribution in [1.29, 1.82) is 0 Å². The van der Waals surface area contributed by atoms with Gasteiger partial charge < -0.3 is 5.53 Å². The summed E-state index contributed by atoms with van der Waals surface area (Å²) >= 11 is 0.334.